The fourth-order valence-corrected chi connectivity index (χ4v) is 4.01. The number of nitrogens with zero attached hydrogens (tertiary/aromatic N) is 1. The Morgan fingerprint density at radius 2 is 2.06 bits per heavy atom. The highest BCUT2D eigenvalue weighted by atomic mass is 16.7. The van der Waals surface area contributed by atoms with Crippen LogP contribution in [-0.2, 0) is 14.4 Å². The summed E-state index contributed by atoms with van der Waals surface area (Å²) in [5.74, 6) is 0.158. The summed E-state index contributed by atoms with van der Waals surface area (Å²) in [5.41, 5.74) is 7.22. The fraction of sp³-hybridized carbons (Fsp3) is 0.391. The van der Waals surface area contributed by atoms with Crippen LogP contribution in [0.4, 0.5) is 5.69 Å². The Balaban J connectivity index is 1.45. The van der Waals surface area contributed by atoms with Crippen molar-refractivity contribution in [3.63, 3.8) is 0 Å². The van der Waals surface area contributed by atoms with Crippen LogP contribution in [0.5, 0.6) is 5.75 Å². The number of carbonyl (C=O) groups excluding carboxylic acids is 2. The SMILES string of the molecule is COc1ccc2c(c1)NC(=O)/C2=C\c1[nH]c(C)c(C(=O)NOCCN2CCOCC2)c1C. The number of anilines is 1. The highest BCUT2D eigenvalue weighted by Crippen LogP contribution is 2.36. The number of aromatic amines is 1. The molecule has 2 aliphatic rings. The van der Waals surface area contributed by atoms with Crippen molar-refractivity contribution in [1.82, 2.24) is 15.4 Å². The lowest BCUT2D eigenvalue weighted by atomic mass is 10.0. The lowest BCUT2D eigenvalue weighted by Gasteiger charge is -2.26. The van der Waals surface area contributed by atoms with Gasteiger partial charge in [-0.05, 0) is 37.6 Å². The van der Waals surface area contributed by atoms with Gasteiger partial charge in [-0.1, -0.05) is 0 Å². The third-order valence-corrected chi connectivity index (χ3v) is 5.78. The summed E-state index contributed by atoms with van der Waals surface area (Å²) in [7, 11) is 1.58. The van der Waals surface area contributed by atoms with Crippen molar-refractivity contribution in [2.75, 3.05) is 51.9 Å². The molecule has 1 saturated heterocycles. The van der Waals surface area contributed by atoms with E-state index < -0.39 is 0 Å². The third-order valence-electron chi connectivity index (χ3n) is 5.78. The lowest BCUT2D eigenvalue weighted by molar-refractivity contribution is -0.110. The highest BCUT2D eigenvalue weighted by Gasteiger charge is 2.26. The van der Waals surface area contributed by atoms with Crippen LogP contribution >= 0.6 is 0 Å². The summed E-state index contributed by atoms with van der Waals surface area (Å²) in [6.07, 6.45) is 1.77. The molecule has 0 spiro atoms. The van der Waals surface area contributed by atoms with E-state index in [0.29, 0.717) is 40.6 Å². The zero-order valence-corrected chi connectivity index (χ0v) is 18.5. The molecule has 0 saturated carbocycles. The van der Waals surface area contributed by atoms with Gasteiger partial charge < -0.3 is 19.8 Å². The number of benzene rings is 1. The number of rotatable bonds is 7. The molecule has 2 aromatic rings. The Morgan fingerprint density at radius 3 is 2.81 bits per heavy atom. The molecule has 3 heterocycles. The van der Waals surface area contributed by atoms with Crippen LogP contribution in [0.15, 0.2) is 18.2 Å². The standard InChI is InChI=1S/C23H28N4O5/c1-14-19(13-18-17-5-4-16(30-3)12-20(17)25-22(18)28)24-15(2)21(14)23(29)26-32-11-8-27-6-9-31-10-7-27/h4-5,12-13,24H,6-11H2,1-3H3,(H,25,28)(H,26,29)/b18-13-. The van der Waals surface area contributed by atoms with E-state index in [4.69, 9.17) is 14.3 Å². The topological polar surface area (TPSA) is 105 Å². The first-order valence-corrected chi connectivity index (χ1v) is 10.6. The number of H-pyrrole nitrogens is 1. The Labute approximate surface area is 186 Å². The number of aryl methyl sites for hydroxylation is 1. The molecule has 9 nitrogen and oxygen atoms in total. The maximum absolute atomic E-state index is 12.7. The van der Waals surface area contributed by atoms with Crippen molar-refractivity contribution >= 4 is 29.2 Å². The van der Waals surface area contributed by atoms with Gasteiger partial charge in [-0.15, -0.1) is 0 Å². The molecule has 3 N–H and O–H groups in total. The summed E-state index contributed by atoms with van der Waals surface area (Å²) >= 11 is 0. The van der Waals surface area contributed by atoms with Gasteiger partial charge in [0.2, 0.25) is 0 Å². The van der Waals surface area contributed by atoms with E-state index in [9.17, 15) is 9.59 Å². The van der Waals surface area contributed by atoms with Crippen LogP contribution in [0.25, 0.3) is 11.6 Å². The Bertz CT molecular complexity index is 1050. The molecule has 1 fully saturated rings. The fourth-order valence-electron chi connectivity index (χ4n) is 4.01. The molecule has 4 rings (SSSR count). The number of ether oxygens (including phenoxy) is 2. The molecule has 0 atom stereocenters. The molecule has 0 bridgehead atoms. The maximum Gasteiger partial charge on any atom is 0.276 e. The minimum absolute atomic E-state index is 0.197. The second-order valence-electron chi connectivity index (χ2n) is 7.82. The zero-order valence-electron chi connectivity index (χ0n) is 18.5. The van der Waals surface area contributed by atoms with Gasteiger partial charge >= 0.3 is 0 Å². The van der Waals surface area contributed by atoms with Crippen molar-refractivity contribution in [1.29, 1.82) is 0 Å². The van der Waals surface area contributed by atoms with Crippen molar-refractivity contribution < 1.29 is 23.9 Å². The van der Waals surface area contributed by atoms with Gasteiger partial charge in [-0.25, -0.2) is 5.48 Å². The number of amides is 2. The van der Waals surface area contributed by atoms with E-state index in [1.54, 1.807) is 19.3 Å². The minimum Gasteiger partial charge on any atom is -0.497 e. The molecule has 0 aliphatic carbocycles. The summed E-state index contributed by atoms with van der Waals surface area (Å²) in [6.45, 7) is 7.98. The molecule has 0 radical (unpaired) electrons. The van der Waals surface area contributed by atoms with E-state index in [1.807, 2.05) is 26.0 Å². The quantitative estimate of drug-likeness (QED) is 0.346. The number of nitrogens with one attached hydrogen (secondary N) is 3. The van der Waals surface area contributed by atoms with Crippen molar-refractivity contribution in [3.8, 4) is 5.75 Å². The summed E-state index contributed by atoms with van der Waals surface area (Å²) in [5, 5.41) is 2.86. The van der Waals surface area contributed by atoms with Crippen LogP contribution < -0.4 is 15.5 Å². The lowest BCUT2D eigenvalue weighted by Crippen LogP contribution is -2.39. The number of carbonyl (C=O) groups is 2. The normalized spacial score (nSPS) is 17.3. The van der Waals surface area contributed by atoms with E-state index in [0.717, 1.165) is 44.0 Å². The number of hydrogen-bond donors (Lipinski definition) is 3. The monoisotopic (exact) mass is 440 g/mol. The Kier molecular flexibility index (Phi) is 6.59. The average Bonchev–Trinajstić information content (AvgIpc) is 3.26. The summed E-state index contributed by atoms with van der Waals surface area (Å²) < 4.78 is 10.5. The molecular weight excluding hydrogens is 412 g/mol. The first-order valence-electron chi connectivity index (χ1n) is 10.6. The average molecular weight is 441 g/mol. The van der Waals surface area contributed by atoms with Crippen LogP contribution in [0.1, 0.15) is 32.9 Å². The number of hydroxylamine groups is 1. The van der Waals surface area contributed by atoms with Crippen molar-refractivity contribution in [2.45, 2.75) is 13.8 Å². The molecular formula is C23H28N4O5. The van der Waals surface area contributed by atoms with Crippen molar-refractivity contribution in [3.05, 3.63) is 46.3 Å². The molecule has 170 valence electrons. The molecule has 0 unspecified atom stereocenters. The first kappa shape index (κ1) is 22.1. The smallest absolute Gasteiger partial charge is 0.276 e. The second-order valence-corrected chi connectivity index (χ2v) is 7.82. The molecule has 1 aromatic carbocycles. The van der Waals surface area contributed by atoms with E-state index >= 15 is 0 Å². The van der Waals surface area contributed by atoms with Gasteiger partial charge in [0, 0.05) is 42.7 Å². The van der Waals surface area contributed by atoms with Crippen LogP contribution in [-0.4, -0.2) is 68.3 Å². The van der Waals surface area contributed by atoms with Gasteiger partial charge in [-0.2, -0.15) is 0 Å². The Hall–Kier alpha value is -3.14. The minimum atomic E-state index is -0.316. The van der Waals surface area contributed by atoms with E-state index in [1.165, 1.54) is 0 Å². The van der Waals surface area contributed by atoms with E-state index in [-0.39, 0.29) is 11.8 Å². The predicted octanol–water partition coefficient (Wildman–Crippen LogP) is 2.13. The van der Waals surface area contributed by atoms with Gasteiger partial charge in [0.1, 0.15) is 5.75 Å². The Morgan fingerprint density at radius 1 is 1.28 bits per heavy atom. The number of hydrogen-bond acceptors (Lipinski definition) is 6. The molecule has 2 aliphatic heterocycles. The van der Waals surface area contributed by atoms with E-state index in [2.05, 4.69) is 20.7 Å². The molecule has 1 aromatic heterocycles. The van der Waals surface area contributed by atoms with Crippen molar-refractivity contribution in [2.24, 2.45) is 0 Å². The van der Waals surface area contributed by atoms with Crippen LogP contribution in [0.2, 0.25) is 0 Å². The van der Waals surface area contributed by atoms with Gasteiger partial charge in [-0.3, -0.25) is 19.3 Å². The zero-order chi connectivity index (χ0) is 22.7. The maximum atomic E-state index is 12.7. The van der Waals surface area contributed by atoms with Gasteiger partial charge in [0.25, 0.3) is 11.8 Å². The van der Waals surface area contributed by atoms with Gasteiger partial charge in [0.05, 0.1) is 43.8 Å². The summed E-state index contributed by atoms with van der Waals surface area (Å²) in [6, 6.07) is 5.44. The number of methoxy groups -OCH3 is 1. The first-order chi connectivity index (χ1) is 15.5. The predicted molar refractivity (Wildman–Crippen MR) is 120 cm³/mol. The number of aromatic nitrogens is 1. The number of morpholine rings is 1. The van der Waals surface area contributed by atoms with Crippen LogP contribution in [0, 0.1) is 13.8 Å². The highest BCUT2D eigenvalue weighted by molar-refractivity contribution is 6.35. The second kappa shape index (κ2) is 9.56. The summed E-state index contributed by atoms with van der Waals surface area (Å²) in [4.78, 5) is 36.1. The molecule has 9 heteroatoms. The van der Waals surface area contributed by atoms with Crippen LogP contribution in [0.3, 0.4) is 0 Å². The molecule has 32 heavy (non-hydrogen) atoms. The largest absolute Gasteiger partial charge is 0.497 e. The third kappa shape index (κ3) is 4.55. The molecule has 2 amide bonds. The van der Waals surface area contributed by atoms with Gasteiger partial charge in [0.15, 0.2) is 0 Å². The number of fused-ring (bicyclic) bond motifs is 1.